The Hall–Kier alpha value is -0.680. The number of nitrogens with two attached hydrogens (primary N) is 1. The molecule has 0 amide bonds. The van der Waals surface area contributed by atoms with Gasteiger partial charge in [-0.05, 0) is 23.8 Å². The average Bonchev–Trinajstić information content (AvgIpc) is 2.72. The highest BCUT2D eigenvalue weighted by Crippen LogP contribution is 2.25. The van der Waals surface area contributed by atoms with E-state index in [1.54, 1.807) is 0 Å². The Balaban J connectivity index is 1.94. The first kappa shape index (κ1) is 10.8. The summed E-state index contributed by atoms with van der Waals surface area (Å²) in [5.74, 6) is 4.07. The SMILES string of the molecule is Nc1ncc(Cl)c(NCC2CCSC2)n1. The number of nitrogen functional groups attached to an aromatic ring is 1. The molecule has 2 rings (SSSR count). The van der Waals surface area contributed by atoms with Crippen LogP contribution in [0.4, 0.5) is 11.8 Å². The molecule has 0 aromatic carbocycles. The topological polar surface area (TPSA) is 63.8 Å². The number of aromatic nitrogens is 2. The smallest absolute Gasteiger partial charge is 0.222 e. The summed E-state index contributed by atoms with van der Waals surface area (Å²) in [6.07, 6.45) is 2.78. The predicted molar refractivity (Wildman–Crippen MR) is 65.4 cm³/mol. The molecule has 0 bridgehead atoms. The standard InChI is InChI=1S/C9H13ClN4S/c10-7-4-13-9(11)14-8(7)12-3-6-1-2-15-5-6/h4,6H,1-3,5H2,(H3,11,12,13,14). The molecule has 1 aromatic rings. The maximum absolute atomic E-state index is 5.93. The quantitative estimate of drug-likeness (QED) is 0.850. The van der Waals surface area contributed by atoms with Crippen molar-refractivity contribution in [2.24, 2.45) is 5.92 Å². The van der Waals surface area contributed by atoms with E-state index >= 15 is 0 Å². The number of halogens is 1. The lowest BCUT2D eigenvalue weighted by Gasteiger charge is -2.11. The van der Waals surface area contributed by atoms with Crippen LogP contribution in [0.25, 0.3) is 0 Å². The number of nitrogens with zero attached hydrogens (tertiary/aromatic N) is 2. The molecule has 1 atom stereocenters. The highest BCUT2D eigenvalue weighted by atomic mass is 35.5. The summed E-state index contributed by atoms with van der Waals surface area (Å²) in [5, 5.41) is 3.74. The monoisotopic (exact) mass is 244 g/mol. The van der Waals surface area contributed by atoms with E-state index < -0.39 is 0 Å². The van der Waals surface area contributed by atoms with Crippen LogP contribution in [-0.4, -0.2) is 28.0 Å². The fraction of sp³-hybridized carbons (Fsp3) is 0.556. The number of nitrogens with one attached hydrogen (secondary N) is 1. The van der Waals surface area contributed by atoms with Crippen LogP contribution >= 0.6 is 23.4 Å². The molecule has 1 saturated heterocycles. The molecule has 6 heteroatoms. The third-order valence-electron chi connectivity index (χ3n) is 2.34. The van der Waals surface area contributed by atoms with Gasteiger partial charge in [0.15, 0.2) is 0 Å². The van der Waals surface area contributed by atoms with Gasteiger partial charge in [0.05, 0.1) is 6.20 Å². The lowest BCUT2D eigenvalue weighted by Crippen LogP contribution is -2.15. The number of rotatable bonds is 3. The molecular formula is C9H13ClN4S. The molecule has 15 heavy (non-hydrogen) atoms. The Morgan fingerprint density at radius 3 is 3.27 bits per heavy atom. The van der Waals surface area contributed by atoms with Crippen LogP contribution in [0.1, 0.15) is 6.42 Å². The second kappa shape index (κ2) is 4.90. The minimum atomic E-state index is 0.252. The summed E-state index contributed by atoms with van der Waals surface area (Å²) in [6.45, 7) is 0.906. The van der Waals surface area contributed by atoms with Gasteiger partial charge in [0, 0.05) is 6.54 Å². The van der Waals surface area contributed by atoms with Gasteiger partial charge in [0.25, 0.3) is 0 Å². The number of hydrogen-bond acceptors (Lipinski definition) is 5. The summed E-state index contributed by atoms with van der Waals surface area (Å²) in [4.78, 5) is 7.86. The van der Waals surface area contributed by atoms with Crippen LogP contribution in [0.3, 0.4) is 0 Å². The first-order valence-corrected chi connectivity index (χ1v) is 6.38. The Kier molecular flexibility index (Phi) is 3.53. The van der Waals surface area contributed by atoms with E-state index in [1.807, 2.05) is 11.8 Å². The highest BCUT2D eigenvalue weighted by Gasteiger charge is 2.15. The molecular weight excluding hydrogens is 232 g/mol. The zero-order valence-corrected chi connectivity index (χ0v) is 9.81. The van der Waals surface area contributed by atoms with Crippen molar-refractivity contribution in [2.45, 2.75) is 6.42 Å². The van der Waals surface area contributed by atoms with Gasteiger partial charge in [0.2, 0.25) is 5.95 Å². The average molecular weight is 245 g/mol. The van der Waals surface area contributed by atoms with E-state index in [9.17, 15) is 0 Å². The first-order chi connectivity index (χ1) is 7.25. The third-order valence-corrected chi connectivity index (χ3v) is 3.85. The molecule has 0 radical (unpaired) electrons. The maximum atomic E-state index is 5.93. The largest absolute Gasteiger partial charge is 0.368 e. The molecule has 1 aliphatic rings. The maximum Gasteiger partial charge on any atom is 0.222 e. The van der Waals surface area contributed by atoms with Crippen molar-refractivity contribution in [3.8, 4) is 0 Å². The molecule has 1 unspecified atom stereocenters. The zero-order valence-electron chi connectivity index (χ0n) is 8.24. The minimum absolute atomic E-state index is 0.252. The molecule has 4 nitrogen and oxygen atoms in total. The number of thioether (sulfide) groups is 1. The van der Waals surface area contributed by atoms with Gasteiger partial charge in [-0.2, -0.15) is 16.7 Å². The summed E-state index contributed by atoms with van der Waals surface area (Å²) in [5.41, 5.74) is 5.49. The van der Waals surface area contributed by atoms with Gasteiger partial charge in [-0.3, -0.25) is 0 Å². The second-order valence-electron chi connectivity index (χ2n) is 3.54. The Bertz CT molecular complexity index is 341. The van der Waals surface area contributed by atoms with E-state index in [4.69, 9.17) is 17.3 Å². The van der Waals surface area contributed by atoms with E-state index in [1.165, 1.54) is 24.1 Å². The van der Waals surface area contributed by atoms with Crippen LogP contribution < -0.4 is 11.1 Å². The second-order valence-corrected chi connectivity index (χ2v) is 5.09. The van der Waals surface area contributed by atoms with Crippen LogP contribution in [0.15, 0.2) is 6.20 Å². The van der Waals surface area contributed by atoms with Crippen LogP contribution in [0, 0.1) is 5.92 Å². The van der Waals surface area contributed by atoms with Crippen molar-refractivity contribution >= 4 is 35.1 Å². The normalized spacial score (nSPS) is 20.5. The van der Waals surface area contributed by atoms with Gasteiger partial charge in [-0.1, -0.05) is 11.6 Å². The molecule has 1 fully saturated rings. The molecule has 0 aliphatic carbocycles. The molecule has 2 heterocycles. The molecule has 0 spiro atoms. The minimum Gasteiger partial charge on any atom is -0.368 e. The van der Waals surface area contributed by atoms with Gasteiger partial charge in [-0.15, -0.1) is 0 Å². The lowest BCUT2D eigenvalue weighted by atomic mass is 10.1. The summed E-state index contributed by atoms with van der Waals surface area (Å²) < 4.78 is 0. The zero-order chi connectivity index (χ0) is 10.7. The van der Waals surface area contributed by atoms with Crippen molar-refractivity contribution in [3.05, 3.63) is 11.2 Å². The first-order valence-electron chi connectivity index (χ1n) is 4.85. The van der Waals surface area contributed by atoms with Crippen LogP contribution in [0.5, 0.6) is 0 Å². The Morgan fingerprint density at radius 2 is 2.53 bits per heavy atom. The van der Waals surface area contributed by atoms with E-state index in [-0.39, 0.29) is 5.95 Å². The molecule has 0 saturated carbocycles. The number of hydrogen-bond donors (Lipinski definition) is 2. The summed E-state index contributed by atoms with van der Waals surface area (Å²) >= 11 is 7.93. The van der Waals surface area contributed by atoms with E-state index in [0.29, 0.717) is 16.8 Å². The summed E-state index contributed by atoms with van der Waals surface area (Å²) in [6, 6.07) is 0. The van der Waals surface area contributed by atoms with E-state index in [0.717, 1.165) is 6.54 Å². The Morgan fingerprint density at radius 1 is 1.67 bits per heavy atom. The van der Waals surface area contributed by atoms with Crippen molar-refractivity contribution < 1.29 is 0 Å². The Labute approximate surface area is 98.0 Å². The van der Waals surface area contributed by atoms with Crippen LogP contribution in [-0.2, 0) is 0 Å². The molecule has 1 aromatic heterocycles. The van der Waals surface area contributed by atoms with Crippen molar-refractivity contribution in [1.29, 1.82) is 0 Å². The molecule has 1 aliphatic heterocycles. The van der Waals surface area contributed by atoms with Crippen molar-refractivity contribution in [2.75, 3.05) is 29.1 Å². The van der Waals surface area contributed by atoms with Gasteiger partial charge in [0.1, 0.15) is 10.8 Å². The third kappa shape index (κ3) is 2.89. The lowest BCUT2D eigenvalue weighted by molar-refractivity contribution is 0.630. The predicted octanol–water partition coefficient (Wildman–Crippen LogP) is 1.88. The van der Waals surface area contributed by atoms with Gasteiger partial charge < -0.3 is 11.1 Å². The molecule has 3 N–H and O–H groups in total. The van der Waals surface area contributed by atoms with Crippen LogP contribution in [0.2, 0.25) is 5.02 Å². The van der Waals surface area contributed by atoms with E-state index in [2.05, 4.69) is 15.3 Å². The van der Waals surface area contributed by atoms with Crippen molar-refractivity contribution in [3.63, 3.8) is 0 Å². The van der Waals surface area contributed by atoms with Crippen molar-refractivity contribution in [1.82, 2.24) is 9.97 Å². The van der Waals surface area contributed by atoms with Gasteiger partial charge >= 0.3 is 0 Å². The summed E-state index contributed by atoms with van der Waals surface area (Å²) in [7, 11) is 0. The fourth-order valence-electron chi connectivity index (χ4n) is 1.49. The molecule has 82 valence electrons. The fourth-order valence-corrected chi connectivity index (χ4v) is 2.93. The highest BCUT2D eigenvalue weighted by molar-refractivity contribution is 7.99. The number of anilines is 2. The van der Waals surface area contributed by atoms with Gasteiger partial charge in [-0.25, -0.2) is 4.98 Å².